The second kappa shape index (κ2) is 5.63. The number of nitrogens with one attached hydrogen (secondary N) is 1. The standard InChI is InChI=1S/C13H20N4S/c1-4-9-5-10-12(15-6-11(14)8(2)3)16-7-17-13(10)18-9/h5,7-8,11H,4,6,14H2,1-3H3,(H,15,16,17). The summed E-state index contributed by atoms with van der Waals surface area (Å²) >= 11 is 1.73. The van der Waals surface area contributed by atoms with Gasteiger partial charge in [0.15, 0.2) is 0 Å². The minimum atomic E-state index is 0.138. The molecular weight excluding hydrogens is 244 g/mol. The van der Waals surface area contributed by atoms with Gasteiger partial charge in [0, 0.05) is 17.5 Å². The fraction of sp³-hybridized carbons (Fsp3) is 0.538. The fourth-order valence-corrected chi connectivity index (χ4v) is 2.61. The Labute approximate surface area is 112 Å². The number of hydrogen-bond donors (Lipinski definition) is 2. The molecule has 0 fully saturated rings. The molecule has 0 aliphatic heterocycles. The van der Waals surface area contributed by atoms with Crippen molar-refractivity contribution < 1.29 is 0 Å². The Morgan fingerprint density at radius 3 is 2.83 bits per heavy atom. The average Bonchev–Trinajstić information content (AvgIpc) is 2.79. The Kier molecular flexibility index (Phi) is 4.14. The molecule has 1 atom stereocenters. The summed E-state index contributed by atoms with van der Waals surface area (Å²) in [6.07, 6.45) is 2.65. The quantitative estimate of drug-likeness (QED) is 0.871. The van der Waals surface area contributed by atoms with Crippen LogP contribution in [0.15, 0.2) is 12.4 Å². The van der Waals surface area contributed by atoms with Gasteiger partial charge in [0.25, 0.3) is 0 Å². The summed E-state index contributed by atoms with van der Waals surface area (Å²) in [7, 11) is 0. The van der Waals surface area contributed by atoms with Crippen molar-refractivity contribution in [1.29, 1.82) is 0 Å². The monoisotopic (exact) mass is 264 g/mol. The number of aromatic nitrogens is 2. The van der Waals surface area contributed by atoms with Crippen molar-refractivity contribution in [1.82, 2.24) is 9.97 Å². The van der Waals surface area contributed by atoms with Crippen molar-refractivity contribution in [3.8, 4) is 0 Å². The topological polar surface area (TPSA) is 63.8 Å². The number of hydrogen-bond acceptors (Lipinski definition) is 5. The second-order valence-corrected chi connectivity index (χ2v) is 5.91. The van der Waals surface area contributed by atoms with E-state index in [2.05, 4.69) is 42.1 Å². The van der Waals surface area contributed by atoms with Crippen LogP contribution in [0.4, 0.5) is 5.82 Å². The van der Waals surface area contributed by atoms with Gasteiger partial charge >= 0.3 is 0 Å². The van der Waals surface area contributed by atoms with Crippen molar-refractivity contribution in [2.75, 3.05) is 11.9 Å². The van der Waals surface area contributed by atoms with Crippen molar-refractivity contribution in [2.24, 2.45) is 11.7 Å². The van der Waals surface area contributed by atoms with Crippen LogP contribution >= 0.6 is 11.3 Å². The highest BCUT2D eigenvalue weighted by molar-refractivity contribution is 7.18. The molecule has 5 heteroatoms. The van der Waals surface area contributed by atoms with Crippen LogP contribution in [0.1, 0.15) is 25.6 Å². The summed E-state index contributed by atoms with van der Waals surface area (Å²) in [5.74, 6) is 1.36. The Morgan fingerprint density at radius 2 is 2.17 bits per heavy atom. The molecule has 2 heterocycles. The summed E-state index contributed by atoms with van der Waals surface area (Å²) in [5, 5.41) is 4.44. The third kappa shape index (κ3) is 2.79. The molecular formula is C13H20N4S. The number of nitrogens with two attached hydrogens (primary N) is 1. The predicted molar refractivity (Wildman–Crippen MR) is 78.1 cm³/mol. The maximum atomic E-state index is 6.04. The molecule has 0 saturated heterocycles. The Balaban J connectivity index is 2.20. The van der Waals surface area contributed by atoms with Gasteiger partial charge in [0.2, 0.25) is 0 Å². The number of nitrogens with zero attached hydrogens (tertiary/aromatic N) is 2. The lowest BCUT2D eigenvalue weighted by atomic mass is 10.1. The van der Waals surface area contributed by atoms with E-state index in [1.54, 1.807) is 17.7 Å². The van der Waals surface area contributed by atoms with E-state index >= 15 is 0 Å². The van der Waals surface area contributed by atoms with E-state index in [9.17, 15) is 0 Å². The predicted octanol–water partition coefficient (Wildman–Crippen LogP) is 2.65. The number of anilines is 1. The van der Waals surface area contributed by atoms with Gasteiger partial charge in [-0.3, -0.25) is 0 Å². The van der Waals surface area contributed by atoms with Gasteiger partial charge in [0.05, 0.1) is 5.39 Å². The van der Waals surface area contributed by atoms with Crippen LogP contribution in [0.2, 0.25) is 0 Å². The lowest BCUT2D eigenvalue weighted by Gasteiger charge is -2.16. The SMILES string of the molecule is CCc1cc2c(NCC(N)C(C)C)ncnc2s1. The molecule has 0 amide bonds. The van der Waals surface area contributed by atoms with Gasteiger partial charge in [0.1, 0.15) is 17.0 Å². The number of thiophene rings is 1. The fourth-order valence-electron chi connectivity index (χ4n) is 1.67. The summed E-state index contributed by atoms with van der Waals surface area (Å²) in [6, 6.07) is 2.31. The van der Waals surface area contributed by atoms with Gasteiger partial charge in [-0.05, 0) is 18.4 Å². The van der Waals surface area contributed by atoms with E-state index in [4.69, 9.17) is 5.73 Å². The molecule has 3 N–H and O–H groups in total. The van der Waals surface area contributed by atoms with Crippen LogP contribution in [-0.4, -0.2) is 22.6 Å². The minimum Gasteiger partial charge on any atom is -0.368 e. The minimum absolute atomic E-state index is 0.138. The lowest BCUT2D eigenvalue weighted by molar-refractivity contribution is 0.511. The summed E-state index contributed by atoms with van der Waals surface area (Å²) < 4.78 is 0. The van der Waals surface area contributed by atoms with E-state index in [-0.39, 0.29) is 6.04 Å². The lowest BCUT2D eigenvalue weighted by Crippen LogP contribution is -2.34. The first kappa shape index (κ1) is 13.2. The molecule has 0 aliphatic carbocycles. The molecule has 4 nitrogen and oxygen atoms in total. The highest BCUT2D eigenvalue weighted by Gasteiger charge is 2.11. The van der Waals surface area contributed by atoms with Crippen molar-refractivity contribution in [2.45, 2.75) is 33.2 Å². The molecule has 2 aromatic rings. The van der Waals surface area contributed by atoms with Gasteiger partial charge in [-0.2, -0.15) is 0 Å². The van der Waals surface area contributed by atoms with Crippen LogP contribution < -0.4 is 11.1 Å². The van der Waals surface area contributed by atoms with E-state index < -0.39 is 0 Å². The number of fused-ring (bicyclic) bond motifs is 1. The molecule has 2 rings (SSSR count). The van der Waals surface area contributed by atoms with Crippen molar-refractivity contribution in [3.05, 3.63) is 17.3 Å². The third-order valence-corrected chi connectivity index (χ3v) is 4.28. The molecule has 0 saturated carbocycles. The van der Waals surface area contributed by atoms with Crippen LogP contribution in [0, 0.1) is 5.92 Å². The smallest absolute Gasteiger partial charge is 0.138 e. The molecule has 1 unspecified atom stereocenters. The zero-order valence-corrected chi connectivity index (χ0v) is 11.9. The van der Waals surface area contributed by atoms with Crippen LogP contribution in [0.25, 0.3) is 10.2 Å². The highest BCUT2D eigenvalue weighted by Crippen LogP contribution is 2.28. The van der Waals surface area contributed by atoms with Crippen molar-refractivity contribution >= 4 is 27.4 Å². The van der Waals surface area contributed by atoms with Gasteiger partial charge in [-0.1, -0.05) is 20.8 Å². The molecule has 18 heavy (non-hydrogen) atoms. The van der Waals surface area contributed by atoms with E-state index in [0.717, 1.165) is 29.0 Å². The van der Waals surface area contributed by atoms with Gasteiger partial charge in [-0.25, -0.2) is 9.97 Å². The summed E-state index contributed by atoms with van der Waals surface area (Å²) in [6.45, 7) is 7.14. The number of aryl methyl sites for hydroxylation is 1. The van der Waals surface area contributed by atoms with E-state index in [0.29, 0.717) is 5.92 Å². The zero-order valence-electron chi connectivity index (χ0n) is 11.1. The second-order valence-electron chi connectivity index (χ2n) is 4.80. The third-order valence-electron chi connectivity index (χ3n) is 3.09. The summed E-state index contributed by atoms with van der Waals surface area (Å²) in [4.78, 5) is 11.0. The number of rotatable bonds is 5. The van der Waals surface area contributed by atoms with Crippen LogP contribution in [0.5, 0.6) is 0 Å². The first-order chi connectivity index (χ1) is 8.61. The molecule has 0 spiro atoms. The van der Waals surface area contributed by atoms with Gasteiger partial charge < -0.3 is 11.1 Å². The maximum Gasteiger partial charge on any atom is 0.138 e. The first-order valence-corrected chi connectivity index (χ1v) is 7.16. The van der Waals surface area contributed by atoms with Crippen LogP contribution in [0.3, 0.4) is 0 Å². The first-order valence-electron chi connectivity index (χ1n) is 6.34. The van der Waals surface area contributed by atoms with E-state index in [1.165, 1.54) is 4.88 Å². The maximum absolute atomic E-state index is 6.04. The molecule has 0 aromatic carbocycles. The zero-order chi connectivity index (χ0) is 13.1. The van der Waals surface area contributed by atoms with Crippen LogP contribution in [-0.2, 0) is 6.42 Å². The Morgan fingerprint density at radius 1 is 1.39 bits per heavy atom. The molecule has 0 aliphatic rings. The molecule has 0 bridgehead atoms. The Hall–Kier alpha value is -1.20. The van der Waals surface area contributed by atoms with E-state index in [1.807, 2.05) is 0 Å². The largest absolute Gasteiger partial charge is 0.368 e. The molecule has 98 valence electrons. The Bertz CT molecular complexity index is 521. The normalized spacial score (nSPS) is 13.2. The molecule has 2 aromatic heterocycles. The average molecular weight is 264 g/mol. The van der Waals surface area contributed by atoms with Gasteiger partial charge in [-0.15, -0.1) is 11.3 Å². The summed E-state index contributed by atoms with van der Waals surface area (Å²) in [5.41, 5.74) is 6.04. The molecule has 0 radical (unpaired) electrons. The van der Waals surface area contributed by atoms with Crippen molar-refractivity contribution in [3.63, 3.8) is 0 Å². The highest BCUT2D eigenvalue weighted by atomic mass is 32.1.